The Kier molecular flexibility index (Phi) is 11.9. The molecule has 0 aliphatic carbocycles. The number of hydrogen-bond donors (Lipinski definition) is 2. The topological polar surface area (TPSA) is 145 Å². The molecule has 5 atom stereocenters. The first-order valence-corrected chi connectivity index (χ1v) is 15.1. The van der Waals surface area contributed by atoms with Crippen LogP contribution < -0.4 is 10.6 Å². The zero-order valence-corrected chi connectivity index (χ0v) is 27.0. The van der Waals surface area contributed by atoms with Gasteiger partial charge in [-0.15, -0.1) is 0 Å². The lowest BCUT2D eigenvalue weighted by Gasteiger charge is -2.42. The van der Waals surface area contributed by atoms with Crippen molar-refractivity contribution in [1.82, 2.24) is 25.3 Å². The Morgan fingerprint density at radius 3 is 2.10 bits per heavy atom. The number of carbonyl (C=O) groups is 6. The van der Waals surface area contributed by atoms with Crippen LogP contribution in [0.2, 0.25) is 0 Å². The Balaban J connectivity index is 2.57. The fourth-order valence-corrected chi connectivity index (χ4v) is 5.52. The molecule has 2 aliphatic rings. The smallest absolute Gasteiger partial charge is 0.308 e. The van der Waals surface area contributed by atoms with Crippen LogP contribution in [0.5, 0.6) is 0 Å². The van der Waals surface area contributed by atoms with Gasteiger partial charge in [-0.05, 0) is 50.9 Å². The van der Waals surface area contributed by atoms with Crippen molar-refractivity contribution in [2.24, 2.45) is 17.8 Å². The van der Waals surface area contributed by atoms with Gasteiger partial charge in [0.1, 0.15) is 23.7 Å². The van der Waals surface area contributed by atoms with Gasteiger partial charge in [-0.25, -0.2) is 0 Å². The molecule has 2 N–H and O–H groups in total. The zero-order valence-electron chi connectivity index (χ0n) is 27.0. The predicted molar refractivity (Wildman–Crippen MR) is 157 cm³/mol. The number of fused-ring (bicyclic) bond motifs is 1. The van der Waals surface area contributed by atoms with E-state index in [1.54, 1.807) is 13.8 Å². The van der Waals surface area contributed by atoms with Gasteiger partial charge in [0.2, 0.25) is 23.6 Å². The molecule has 2 rings (SSSR count). The molecule has 0 aromatic heterocycles. The van der Waals surface area contributed by atoms with Crippen LogP contribution in [0.25, 0.3) is 0 Å². The predicted octanol–water partition coefficient (Wildman–Crippen LogP) is 1.32. The average molecular weight is 594 g/mol. The van der Waals surface area contributed by atoms with E-state index in [-0.39, 0.29) is 37.1 Å². The summed E-state index contributed by atoms with van der Waals surface area (Å²) in [5.74, 6) is -3.57. The van der Waals surface area contributed by atoms with Crippen LogP contribution in [0.15, 0.2) is 0 Å². The minimum atomic E-state index is -1.40. The highest BCUT2D eigenvalue weighted by molar-refractivity contribution is 5.98. The van der Waals surface area contributed by atoms with Gasteiger partial charge >= 0.3 is 5.97 Å². The standard InChI is InChI=1S/C30H51N5O7/c1-17(2)16-22-27(39)35-15-11-12-21(35)26(38)32-30(8,19(5)6)29(41)34(10)24(18(3)4)28(40)33(9)20(7)25(37)31-14-13-23(36)42-22/h17-22,24H,11-16H2,1-10H3,(H,31,37)(H,32,38). The lowest BCUT2D eigenvalue weighted by atomic mass is 9.85. The minimum Gasteiger partial charge on any atom is -0.452 e. The Morgan fingerprint density at radius 2 is 1.55 bits per heavy atom. The molecule has 12 heteroatoms. The summed E-state index contributed by atoms with van der Waals surface area (Å²) >= 11 is 0. The third-order valence-electron chi connectivity index (χ3n) is 8.61. The maximum absolute atomic E-state index is 14.1. The molecule has 2 aliphatic heterocycles. The van der Waals surface area contributed by atoms with Crippen molar-refractivity contribution in [3.63, 3.8) is 0 Å². The number of likely N-dealkylation sites (N-methyl/N-ethyl adjacent to an activating group) is 2. The van der Waals surface area contributed by atoms with E-state index in [4.69, 9.17) is 4.74 Å². The van der Waals surface area contributed by atoms with Gasteiger partial charge in [0, 0.05) is 27.2 Å². The Labute approximate surface area is 250 Å². The largest absolute Gasteiger partial charge is 0.452 e. The summed E-state index contributed by atoms with van der Waals surface area (Å²) in [6, 6.07) is -2.64. The molecule has 0 saturated carbocycles. The quantitative estimate of drug-likeness (QED) is 0.468. The fourth-order valence-electron chi connectivity index (χ4n) is 5.52. The summed E-state index contributed by atoms with van der Waals surface area (Å²) in [7, 11) is 3.03. The lowest BCUT2D eigenvalue weighted by molar-refractivity contribution is -0.162. The summed E-state index contributed by atoms with van der Waals surface area (Å²) in [6.45, 7) is 14.5. The van der Waals surface area contributed by atoms with E-state index in [0.29, 0.717) is 19.4 Å². The van der Waals surface area contributed by atoms with Gasteiger partial charge < -0.3 is 30.1 Å². The molecule has 238 valence electrons. The molecule has 2 fully saturated rings. The van der Waals surface area contributed by atoms with Crippen LogP contribution in [0.4, 0.5) is 0 Å². The normalized spacial score (nSPS) is 29.8. The van der Waals surface area contributed by atoms with Crippen LogP contribution in [-0.4, -0.2) is 107 Å². The highest BCUT2D eigenvalue weighted by atomic mass is 16.5. The van der Waals surface area contributed by atoms with Gasteiger partial charge in [0.15, 0.2) is 6.10 Å². The van der Waals surface area contributed by atoms with Crippen LogP contribution in [0, 0.1) is 17.8 Å². The third-order valence-corrected chi connectivity index (χ3v) is 8.61. The number of carbonyl (C=O) groups excluding carboxylic acids is 6. The summed E-state index contributed by atoms with van der Waals surface area (Å²) < 4.78 is 5.59. The molecule has 5 amide bonds. The highest BCUT2D eigenvalue weighted by Crippen LogP contribution is 2.27. The maximum Gasteiger partial charge on any atom is 0.308 e. The molecule has 0 aromatic carbocycles. The van der Waals surface area contributed by atoms with Crippen molar-refractivity contribution in [3.05, 3.63) is 0 Å². The summed E-state index contributed by atoms with van der Waals surface area (Å²) in [6.07, 6.45) is 0.0108. The van der Waals surface area contributed by atoms with Crippen LogP contribution >= 0.6 is 0 Å². The average Bonchev–Trinajstić information content (AvgIpc) is 3.40. The van der Waals surface area contributed by atoms with Crippen LogP contribution in [-0.2, 0) is 33.5 Å². The van der Waals surface area contributed by atoms with E-state index in [2.05, 4.69) is 10.6 Å². The van der Waals surface area contributed by atoms with Crippen molar-refractivity contribution in [3.8, 4) is 0 Å². The van der Waals surface area contributed by atoms with Crippen LogP contribution in [0.3, 0.4) is 0 Å². The third kappa shape index (κ3) is 7.80. The number of esters is 1. The molecule has 0 spiro atoms. The number of hydrogen-bond acceptors (Lipinski definition) is 7. The molecule has 0 bridgehead atoms. The van der Waals surface area contributed by atoms with E-state index in [1.165, 1.54) is 28.8 Å². The molecule has 0 radical (unpaired) electrons. The number of ether oxygens (including phenoxy) is 1. The van der Waals surface area contributed by atoms with E-state index >= 15 is 0 Å². The van der Waals surface area contributed by atoms with Crippen molar-refractivity contribution in [2.45, 2.75) is 111 Å². The van der Waals surface area contributed by atoms with E-state index in [9.17, 15) is 28.8 Å². The van der Waals surface area contributed by atoms with Gasteiger partial charge in [-0.1, -0.05) is 41.5 Å². The Bertz CT molecular complexity index is 1050. The molecule has 2 saturated heterocycles. The second-order valence-electron chi connectivity index (χ2n) is 12.9. The highest BCUT2D eigenvalue weighted by Gasteiger charge is 2.47. The van der Waals surface area contributed by atoms with Gasteiger partial charge in [-0.3, -0.25) is 28.8 Å². The van der Waals surface area contributed by atoms with Gasteiger partial charge in [0.25, 0.3) is 5.91 Å². The second-order valence-corrected chi connectivity index (χ2v) is 12.9. The van der Waals surface area contributed by atoms with Gasteiger partial charge in [-0.2, -0.15) is 0 Å². The zero-order chi connectivity index (χ0) is 32.1. The maximum atomic E-state index is 14.1. The number of nitrogens with one attached hydrogen (secondary N) is 2. The van der Waals surface area contributed by atoms with Crippen molar-refractivity contribution in [2.75, 3.05) is 27.2 Å². The van der Waals surface area contributed by atoms with Gasteiger partial charge in [0.05, 0.1) is 6.42 Å². The number of amides is 5. The summed E-state index contributed by atoms with van der Waals surface area (Å²) in [5.41, 5.74) is -1.40. The van der Waals surface area contributed by atoms with E-state index < -0.39 is 65.3 Å². The van der Waals surface area contributed by atoms with Crippen molar-refractivity contribution >= 4 is 35.5 Å². The minimum absolute atomic E-state index is 0.0307. The molecule has 42 heavy (non-hydrogen) atoms. The second kappa shape index (κ2) is 14.3. The van der Waals surface area contributed by atoms with E-state index in [1.807, 2.05) is 41.5 Å². The van der Waals surface area contributed by atoms with Crippen molar-refractivity contribution in [1.29, 1.82) is 0 Å². The fraction of sp³-hybridized carbons (Fsp3) is 0.800. The summed E-state index contributed by atoms with van der Waals surface area (Å²) in [4.78, 5) is 84.9. The molecular formula is C30H51N5O7. The molecule has 12 nitrogen and oxygen atoms in total. The Morgan fingerprint density at radius 1 is 0.929 bits per heavy atom. The number of cyclic esters (lactones) is 1. The Hall–Kier alpha value is -3.18. The first-order chi connectivity index (χ1) is 19.4. The SMILES string of the molecule is CC(C)CC1OC(=O)CCNC(=O)C(C)N(C)C(=O)C(C(C)C)N(C)C(=O)C(C)(C(C)C)NC(=O)C2CCCN2C1=O. The first-order valence-electron chi connectivity index (χ1n) is 15.1. The molecule has 5 unspecified atom stereocenters. The van der Waals surface area contributed by atoms with Crippen molar-refractivity contribution < 1.29 is 33.5 Å². The number of nitrogens with zero attached hydrogens (tertiary/aromatic N) is 3. The molecule has 0 aromatic rings. The summed E-state index contributed by atoms with van der Waals surface area (Å²) in [5, 5.41) is 5.59. The van der Waals surface area contributed by atoms with Crippen LogP contribution in [0.1, 0.15) is 81.1 Å². The number of rotatable bonds is 4. The molecular weight excluding hydrogens is 542 g/mol. The first kappa shape index (κ1) is 35.0. The molecule has 2 heterocycles. The lowest BCUT2D eigenvalue weighted by Crippen LogP contribution is -2.66. The van der Waals surface area contributed by atoms with E-state index in [0.717, 1.165) is 0 Å². The monoisotopic (exact) mass is 593 g/mol.